The molecular weight excluding hydrogens is 466 g/mol. The molecule has 1 atom stereocenters. The molecule has 5 N–H and O–H groups in total. The van der Waals surface area contributed by atoms with E-state index in [9.17, 15) is 14.0 Å². The maximum atomic E-state index is 11.4. The Kier molecular flexibility index (Phi) is 11.2. The third-order valence-electron chi connectivity index (χ3n) is 3.31. The van der Waals surface area contributed by atoms with Crippen LogP contribution in [0, 0.1) is 13.8 Å². The second-order valence-corrected chi connectivity index (χ2v) is 9.08. The molecule has 0 saturated heterocycles. The van der Waals surface area contributed by atoms with Gasteiger partial charge in [-0.25, -0.2) is 19.1 Å². The zero-order valence-corrected chi connectivity index (χ0v) is 19.9. The number of phosphoric acid groups is 2. The van der Waals surface area contributed by atoms with Crippen LogP contribution in [-0.2, 0) is 30.9 Å². The molecule has 0 aliphatic rings. The number of nitrogen functional groups attached to an aromatic ring is 1. The Labute approximate surface area is 187 Å². The summed E-state index contributed by atoms with van der Waals surface area (Å²) in [4.78, 5) is 35.4. The van der Waals surface area contributed by atoms with E-state index < -0.39 is 15.6 Å². The van der Waals surface area contributed by atoms with Crippen LogP contribution in [-0.4, -0.2) is 54.3 Å². The number of nitrogens with two attached hydrogens (primary N) is 1. The molecule has 0 saturated carbocycles. The van der Waals surface area contributed by atoms with Gasteiger partial charge in [0.15, 0.2) is 12.2 Å². The zero-order chi connectivity index (χ0) is 19.5. The van der Waals surface area contributed by atoms with Gasteiger partial charge in [-0.05, 0) is 6.92 Å². The number of hydrogen-bond acceptors (Lipinski definition) is 8. The van der Waals surface area contributed by atoms with E-state index in [1.165, 1.54) is 11.3 Å². The standard InChI is InChI=1S/C12H18N4O7P2S.ClH.Mg/c1-8-11(3-4-22-25(20,21)23-24(17,18)19)26-7-16(8)6-10-5-14-9(2)15-12(10)13;;/h5,7H,3-4,6H2,1-2H3,(H4-,13,14,15,17,18,19,20,21);1H;/q;;+2/p+1. The minimum Gasteiger partial charge on any atom is -0.383 e. The molecule has 0 amide bonds. The van der Waals surface area contributed by atoms with Crippen LogP contribution in [0.1, 0.15) is 22.0 Å². The van der Waals surface area contributed by atoms with Gasteiger partial charge in [0, 0.05) is 19.5 Å². The van der Waals surface area contributed by atoms with Crippen molar-refractivity contribution < 1.29 is 37.2 Å². The summed E-state index contributed by atoms with van der Waals surface area (Å²) in [5.74, 6) is 0.985. The molecule has 0 aliphatic heterocycles. The number of aryl methyl sites for hydroxylation is 1. The Morgan fingerprint density at radius 2 is 1.93 bits per heavy atom. The first-order valence-corrected chi connectivity index (χ1v) is 11.2. The summed E-state index contributed by atoms with van der Waals surface area (Å²) >= 11 is 1.40. The van der Waals surface area contributed by atoms with E-state index in [1.54, 1.807) is 13.1 Å². The van der Waals surface area contributed by atoms with Crippen LogP contribution in [0.3, 0.4) is 0 Å². The van der Waals surface area contributed by atoms with Crippen molar-refractivity contribution >= 4 is 68.3 Å². The van der Waals surface area contributed by atoms with Gasteiger partial charge in [0.1, 0.15) is 11.6 Å². The molecule has 2 heterocycles. The number of aromatic nitrogens is 3. The number of hydrogen-bond donors (Lipinski definition) is 4. The minimum atomic E-state index is -5.12. The molecule has 28 heavy (non-hydrogen) atoms. The van der Waals surface area contributed by atoms with E-state index in [-0.39, 0.29) is 48.5 Å². The first-order chi connectivity index (χ1) is 12.0. The maximum absolute atomic E-state index is 11.4. The van der Waals surface area contributed by atoms with Crippen molar-refractivity contribution in [2.75, 3.05) is 12.3 Å². The molecule has 2 aromatic heterocycles. The molecular formula is C12H20ClMgN4O7P2S+3. The van der Waals surface area contributed by atoms with E-state index in [0.717, 1.165) is 16.1 Å². The number of thiazole rings is 1. The van der Waals surface area contributed by atoms with Crippen molar-refractivity contribution in [3.8, 4) is 0 Å². The largest absolute Gasteiger partial charge is 2.00 e. The normalized spacial score (nSPS) is 13.3. The summed E-state index contributed by atoms with van der Waals surface area (Å²) in [5, 5.41) is 0. The van der Waals surface area contributed by atoms with Crippen LogP contribution >= 0.6 is 39.4 Å². The molecule has 0 spiro atoms. The Hall–Kier alpha value is -0.174. The van der Waals surface area contributed by atoms with Crippen LogP contribution in [0.2, 0.25) is 0 Å². The summed E-state index contributed by atoms with van der Waals surface area (Å²) in [6, 6.07) is 0. The fourth-order valence-electron chi connectivity index (χ4n) is 2.08. The number of rotatable bonds is 8. The van der Waals surface area contributed by atoms with Gasteiger partial charge in [-0.15, -0.1) is 12.4 Å². The first-order valence-electron chi connectivity index (χ1n) is 7.25. The molecule has 0 aliphatic carbocycles. The average Bonchev–Trinajstić information content (AvgIpc) is 2.80. The fraction of sp³-hybridized carbons (Fsp3) is 0.417. The summed E-state index contributed by atoms with van der Waals surface area (Å²) in [6.45, 7) is 3.83. The Morgan fingerprint density at radius 3 is 2.50 bits per heavy atom. The van der Waals surface area contributed by atoms with Gasteiger partial charge in [0.05, 0.1) is 17.0 Å². The van der Waals surface area contributed by atoms with Crippen LogP contribution in [0.5, 0.6) is 0 Å². The van der Waals surface area contributed by atoms with Crippen molar-refractivity contribution in [2.24, 2.45) is 0 Å². The van der Waals surface area contributed by atoms with E-state index in [0.29, 0.717) is 18.2 Å². The molecule has 0 bridgehead atoms. The van der Waals surface area contributed by atoms with E-state index in [1.807, 2.05) is 17.0 Å². The summed E-state index contributed by atoms with van der Waals surface area (Å²) in [5.41, 5.74) is 9.40. The van der Waals surface area contributed by atoms with Crippen LogP contribution < -0.4 is 10.3 Å². The smallest absolute Gasteiger partial charge is 0.383 e. The Bertz CT molecular complexity index is 897. The zero-order valence-electron chi connectivity index (χ0n) is 15.1. The summed E-state index contributed by atoms with van der Waals surface area (Å²) in [7, 11) is -9.94. The number of anilines is 1. The third kappa shape index (κ3) is 8.68. The van der Waals surface area contributed by atoms with Crippen molar-refractivity contribution in [2.45, 2.75) is 26.8 Å². The second-order valence-electron chi connectivity index (χ2n) is 5.31. The Balaban J connectivity index is 0.00000364. The topological polar surface area (TPSA) is 169 Å². The van der Waals surface area contributed by atoms with E-state index in [4.69, 9.17) is 15.5 Å². The minimum absolute atomic E-state index is 0. The second kappa shape index (κ2) is 11.3. The molecule has 2 aromatic rings. The molecule has 16 heteroatoms. The molecule has 152 valence electrons. The van der Waals surface area contributed by atoms with Gasteiger partial charge in [-0.3, -0.25) is 4.52 Å². The first kappa shape index (κ1) is 27.8. The SMILES string of the molecule is Cc1ncc(C[n+]2csc(CCOP(=O)(O)OP(=O)(O)O)c2C)c(N)n1.Cl.[Mg+2]. The van der Waals surface area contributed by atoms with E-state index in [2.05, 4.69) is 18.8 Å². The molecule has 0 radical (unpaired) electrons. The molecule has 1 unspecified atom stereocenters. The monoisotopic (exact) mass is 485 g/mol. The molecule has 0 aromatic carbocycles. The van der Waals surface area contributed by atoms with Crippen LogP contribution in [0.4, 0.5) is 5.82 Å². The Morgan fingerprint density at radius 1 is 1.29 bits per heavy atom. The van der Waals surface area contributed by atoms with E-state index >= 15 is 0 Å². The van der Waals surface area contributed by atoms with Gasteiger partial charge in [0.2, 0.25) is 5.51 Å². The van der Waals surface area contributed by atoms with Crippen LogP contribution in [0.15, 0.2) is 11.7 Å². The summed E-state index contributed by atoms with van der Waals surface area (Å²) < 4.78 is 32.2. The predicted molar refractivity (Wildman–Crippen MR) is 105 cm³/mol. The summed E-state index contributed by atoms with van der Waals surface area (Å²) in [6.07, 6.45) is 1.92. The van der Waals surface area contributed by atoms with Crippen molar-refractivity contribution in [1.82, 2.24) is 9.97 Å². The van der Waals surface area contributed by atoms with Gasteiger partial charge in [-0.1, -0.05) is 11.3 Å². The fourth-order valence-corrected chi connectivity index (χ4v) is 4.64. The maximum Gasteiger partial charge on any atom is 2.00 e. The number of halogens is 1. The molecule has 11 nitrogen and oxygen atoms in total. The van der Waals surface area contributed by atoms with Gasteiger partial charge < -0.3 is 20.4 Å². The number of nitrogens with zero attached hydrogens (tertiary/aromatic N) is 3. The van der Waals surface area contributed by atoms with Gasteiger partial charge in [0.25, 0.3) is 0 Å². The predicted octanol–water partition coefficient (Wildman–Crippen LogP) is 0.883. The van der Waals surface area contributed by atoms with Crippen LogP contribution in [0.25, 0.3) is 0 Å². The van der Waals surface area contributed by atoms with Gasteiger partial charge in [-0.2, -0.15) is 8.88 Å². The average molecular weight is 486 g/mol. The van der Waals surface area contributed by atoms with Crippen molar-refractivity contribution in [1.29, 1.82) is 0 Å². The van der Waals surface area contributed by atoms with Crippen molar-refractivity contribution in [3.63, 3.8) is 0 Å². The third-order valence-corrected chi connectivity index (χ3v) is 6.64. The van der Waals surface area contributed by atoms with Gasteiger partial charge >= 0.3 is 38.7 Å². The molecule has 2 rings (SSSR count). The quantitative estimate of drug-likeness (QED) is 0.239. The van der Waals surface area contributed by atoms with Crippen molar-refractivity contribution in [3.05, 3.63) is 33.7 Å². The number of phosphoric ester groups is 1. The molecule has 0 fully saturated rings.